The molecule has 7 heteroatoms. The predicted octanol–water partition coefficient (Wildman–Crippen LogP) is 1.62. The predicted molar refractivity (Wildman–Crippen MR) is 79.3 cm³/mol. The number of nitrogens with one attached hydrogen (secondary N) is 1. The number of carbonyl (C=O) groups excluding carboxylic acids is 1. The van der Waals surface area contributed by atoms with E-state index in [9.17, 15) is 13.2 Å². The van der Waals surface area contributed by atoms with Crippen molar-refractivity contribution in [2.45, 2.75) is 43.1 Å². The molecule has 116 valence electrons. The molecular formula is C14H20N2O4S. The van der Waals surface area contributed by atoms with E-state index < -0.39 is 10.0 Å². The zero-order valence-electron chi connectivity index (χ0n) is 11.7. The van der Waals surface area contributed by atoms with E-state index in [1.165, 1.54) is 24.3 Å². The van der Waals surface area contributed by atoms with Crippen LogP contribution in [-0.4, -0.2) is 27.0 Å². The highest BCUT2D eigenvalue weighted by Crippen LogP contribution is 2.18. The number of ether oxygens (including phenoxy) is 1. The van der Waals surface area contributed by atoms with E-state index in [-0.39, 0.29) is 16.9 Å². The highest BCUT2D eigenvalue weighted by Gasteiger charge is 2.15. The van der Waals surface area contributed by atoms with E-state index in [1.54, 1.807) is 0 Å². The van der Waals surface area contributed by atoms with Gasteiger partial charge in [-0.25, -0.2) is 13.6 Å². The van der Waals surface area contributed by atoms with Gasteiger partial charge in [-0.2, -0.15) is 0 Å². The van der Waals surface area contributed by atoms with Gasteiger partial charge in [0.05, 0.1) is 11.0 Å². The van der Waals surface area contributed by atoms with Gasteiger partial charge in [0.15, 0.2) is 0 Å². The highest BCUT2D eigenvalue weighted by atomic mass is 32.2. The second-order valence-corrected chi connectivity index (χ2v) is 6.71. The fraction of sp³-hybridized carbons (Fsp3) is 0.500. The number of sulfonamides is 1. The summed E-state index contributed by atoms with van der Waals surface area (Å²) in [6.07, 6.45) is 4.54. The topological polar surface area (TPSA) is 98.5 Å². The van der Waals surface area contributed by atoms with Gasteiger partial charge in [-0.1, -0.05) is 0 Å². The molecule has 3 N–H and O–H groups in total. The lowest BCUT2D eigenvalue weighted by atomic mass is 10.0. The first kappa shape index (κ1) is 15.9. The number of carbonyl (C=O) groups is 1. The monoisotopic (exact) mass is 312 g/mol. The second-order valence-electron chi connectivity index (χ2n) is 5.14. The first-order valence-electron chi connectivity index (χ1n) is 6.99. The van der Waals surface area contributed by atoms with Gasteiger partial charge in [0.25, 0.3) is 0 Å². The van der Waals surface area contributed by atoms with Crippen molar-refractivity contribution in [3.05, 3.63) is 24.3 Å². The first-order valence-corrected chi connectivity index (χ1v) is 8.54. The molecule has 1 aliphatic rings. The number of hydrogen-bond donors (Lipinski definition) is 2. The molecule has 1 unspecified atom stereocenters. The van der Waals surface area contributed by atoms with Gasteiger partial charge < -0.3 is 10.1 Å². The van der Waals surface area contributed by atoms with Crippen molar-refractivity contribution in [1.82, 2.24) is 0 Å². The molecule has 1 saturated heterocycles. The third kappa shape index (κ3) is 5.11. The summed E-state index contributed by atoms with van der Waals surface area (Å²) in [4.78, 5) is 11.9. The minimum absolute atomic E-state index is 0.0242. The Labute approximate surface area is 124 Å². The summed E-state index contributed by atoms with van der Waals surface area (Å²) in [5.41, 5.74) is 0.553. The van der Waals surface area contributed by atoms with E-state index in [0.717, 1.165) is 25.9 Å². The number of rotatable bonds is 5. The molecule has 1 aliphatic heterocycles. The van der Waals surface area contributed by atoms with Crippen LogP contribution < -0.4 is 10.5 Å². The molecule has 0 spiro atoms. The average molecular weight is 312 g/mol. The Balaban J connectivity index is 1.82. The summed E-state index contributed by atoms with van der Waals surface area (Å²) in [5.74, 6) is -0.104. The van der Waals surface area contributed by atoms with Crippen LogP contribution >= 0.6 is 0 Å². The van der Waals surface area contributed by atoms with Gasteiger partial charge >= 0.3 is 0 Å². The minimum Gasteiger partial charge on any atom is -0.378 e. The zero-order chi connectivity index (χ0) is 15.3. The number of primary sulfonamides is 1. The summed E-state index contributed by atoms with van der Waals surface area (Å²) < 4.78 is 27.8. The zero-order valence-corrected chi connectivity index (χ0v) is 12.6. The molecule has 1 heterocycles. The molecule has 1 atom stereocenters. The Morgan fingerprint density at radius 3 is 2.57 bits per heavy atom. The van der Waals surface area contributed by atoms with E-state index >= 15 is 0 Å². The maximum atomic E-state index is 11.8. The fourth-order valence-electron chi connectivity index (χ4n) is 2.28. The third-order valence-corrected chi connectivity index (χ3v) is 4.36. The molecule has 1 amide bonds. The highest BCUT2D eigenvalue weighted by molar-refractivity contribution is 7.89. The lowest BCUT2D eigenvalue weighted by Crippen LogP contribution is -2.21. The minimum atomic E-state index is -3.70. The van der Waals surface area contributed by atoms with Crippen LogP contribution in [0.1, 0.15) is 32.1 Å². The molecule has 6 nitrogen and oxygen atoms in total. The summed E-state index contributed by atoms with van der Waals surface area (Å²) in [5, 5.41) is 7.74. The number of hydrogen-bond acceptors (Lipinski definition) is 4. The smallest absolute Gasteiger partial charge is 0.238 e. The van der Waals surface area contributed by atoms with Crippen molar-refractivity contribution in [2.24, 2.45) is 5.14 Å². The Bertz CT molecular complexity index is 577. The van der Waals surface area contributed by atoms with Gasteiger partial charge in [-0.15, -0.1) is 0 Å². The summed E-state index contributed by atoms with van der Waals surface area (Å²) in [6.45, 7) is 0.779. The lowest BCUT2D eigenvalue weighted by Gasteiger charge is -2.22. The standard InChI is InChI=1S/C14H20N2O4S/c15-21(18,19)13-7-4-11(5-8-13)16-14(17)9-6-12-3-1-2-10-20-12/h4-5,7-8,12H,1-3,6,9-10H2,(H,16,17)(H2,15,18,19). The van der Waals surface area contributed by atoms with Gasteiger partial charge in [-0.05, 0) is 49.9 Å². The van der Waals surface area contributed by atoms with Crippen molar-refractivity contribution in [1.29, 1.82) is 0 Å². The second kappa shape index (κ2) is 7.02. The van der Waals surface area contributed by atoms with Gasteiger partial charge in [-0.3, -0.25) is 4.79 Å². The number of benzene rings is 1. The number of amides is 1. The van der Waals surface area contributed by atoms with E-state index in [4.69, 9.17) is 9.88 Å². The van der Waals surface area contributed by atoms with Crippen LogP contribution in [0.3, 0.4) is 0 Å². The Hall–Kier alpha value is -1.44. The van der Waals surface area contributed by atoms with Crippen molar-refractivity contribution in [2.75, 3.05) is 11.9 Å². The van der Waals surface area contributed by atoms with Crippen LogP contribution in [-0.2, 0) is 19.6 Å². The Morgan fingerprint density at radius 2 is 2.00 bits per heavy atom. The fourth-order valence-corrected chi connectivity index (χ4v) is 2.79. The van der Waals surface area contributed by atoms with Crippen molar-refractivity contribution < 1.29 is 17.9 Å². The number of anilines is 1. The lowest BCUT2D eigenvalue weighted by molar-refractivity contribution is -0.117. The SMILES string of the molecule is NS(=O)(=O)c1ccc(NC(=O)CCC2CCCCO2)cc1. The third-order valence-electron chi connectivity index (χ3n) is 3.43. The Morgan fingerprint density at radius 1 is 1.29 bits per heavy atom. The normalized spacial score (nSPS) is 19.2. The quantitative estimate of drug-likeness (QED) is 0.863. The summed E-state index contributed by atoms with van der Waals surface area (Å²) >= 11 is 0. The first-order chi connectivity index (χ1) is 9.95. The molecular weight excluding hydrogens is 292 g/mol. The van der Waals surface area contributed by atoms with E-state index in [0.29, 0.717) is 18.5 Å². The molecule has 0 aromatic heterocycles. The van der Waals surface area contributed by atoms with Crippen LogP contribution in [0.2, 0.25) is 0 Å². The molecule has 2 rings (SSSR count). The Kier molecular flexibility index (Phi) is 5.33. The molecule has 0 saturated carbocycles. The maximum absolute atomic E-state index is 11.8. The van der Waals surface area contributed by atoms with Gasteiger partial charge in [0.2, 0.25) is 15.9 Å². The molecule has 1 fully saturated rings. The molecule has 0 bridgehead atoms. The van der Waals surface area contributed by atoms with Crippen LogP contribution in [0, 0.1) is 0 Å². The van der Waals surface area contributed by atoms with Crippen molar-refractivity contribution in [3.8, 4) is 0 Å². The van der Waals surface area contributed by atoms with Crippen molar-refractivity contribution in [3.63, 3.8) is 0 Å². The van der Waals surface area contributed by atoms with Crippen LogP contribution in [0.4, 0.5) is 5.69 Å². The number of nitrogens with two attached hydrogens (primary N) is 1. The van der Waals surface area contributed by atoms with Crippen molar-refractivity contribution >= 4 is 21.6 Å². The van der Waals surface area contributed by atoms with E-state index in [1.807, 2.05) is 0 Å². The summed E-state index contributed by atoms with van der Waals surface area (Å²) in [7, 11) is -3.70. The average Bonchev–Trinajstić information content (AvgIpc) is 2.46. The van der Waals surface area contributed by atoms with Crippen LogP contribution in [0.15, 0.2) is 29.2 Å². The molecule has 1 aromatic rings. The summed E-state index contributed by atoms with van der Waals surface area (Å²) in [6, 6.07) is 5.79. The molecule has 0 aliphatic carbocycles. The van der Waals surface area contributed by atoms with E-state index in [2.05, 4.69) is 5.32 Å². The molecule has 0 radical (unpaired) electrons. The van der Waals surface area contributed by atoms with Gasteiger partial charge in [0.1, 0.15) is 0 Å². The molecule has 21 heavy (non-hydrogen) atoms. The molecule has 1 aromatic carbocycles. The van der Waals surface area contributed by atoms with Crippen LogP contribution in [0.5, 0.6) is 0 Å². The van der Waals surface area contributed by atoms with Gasteiger partial charge in [0, 0.05) is 18.7 Å². The van der Waals surface area contributed by atoms with Crippen LogP contribution in [0.25, 0.3) is 0 Å². The maximum Gasteiger partial charge on any atom is 0.238 e. The largest absolute Gasteiger partial charge is 0.378 e.